The fraction of sp³-hybridized carbons (Fsp3) is 0.471. The SMILES string of the molecule is CCCCCc1nc2n(n1)C(c1ccc(OC)cc1)CC(=O)N2. The molecule has 0 spiro atoms. The molecule has 1 aromatic heterocycles. The van der Waals surface area contributed by atoms with E-state index in [0.717, 1.165) is 36.4 Å². The molecule has 122 valence electrons. The molecule has 2 heterocycles. The minimum absolute atomic E-state index is 0.0224. The van der Waals surface area contributed by atoms with Gasteiger partial charge in [0.15, 0.2) is 5.82 Å². The van der Waals surface area contributed by atoms with Crippen molar-refractivity contribution in [3.8, 4) is 5.75 Å². The molecule has 1 amide bonds. The van der Waals surface area contributed by atoms with Crippen LogP contribution in [0.2, 0.25) is 0 Å². The Bertz CT molecular complexity index is 678. The lowest BCUT2D eigenvalue weighted by molar-refractivity contribution is -0.117. The van der Waals surface area contributed by atoms with E-state index in [2.05, 4.69) is 22.3 Å². The van der Waals surface area contributed by atoms with Gasteiger partial charge in [-0.25, -0.2) is 4.68 Å². The molecule has 1 unspecified atom stereocenters. The van der Waals surface area contributed by atoms with Gasteiger partial charge in [-0.05, 0) is 24.1 Å². The molecule has 1 aromatic carbocycles. The Kier molecular flexibility index (Phi) is 4.60. The molecule has 6 heteroatoms. The quantitative estimate of drug-likeness (QED) is 0.832. The molecule has 1 atom stereocenters. The van der Waals surface area contributed by atoms with Crippen LogP contribution in [0.3, 0.4) is 0 Å². The van der Waals surface area contributed by atoms with E-state index in [1.807, 2.05) is 28.9 Å². The molecule has 0 aliphatic carbocycles. The molecule has 0 bridgehead atoms. The number of anilines is 1. The molecule has 2 aromatic rings. The Balaban J connectivity index is 1.86. The number of ether oxygens (including phenoxy) is 1. The fourth-order valence-electron chi connectivity index (χ4n) is 2.83. The zero-order chi connectivity index (χ0) is 16.2. The summed E-state index contributed by atoms with van der Waals surface area (Å²) in [5.41, 5.74) is 1.03. The maximum absolute atomic E-state index is 12.0. The van der Waals surface area contributed by atoms with Crippen molar-refractivity contribution in [1.82, 2.24) is 14.8 Å². The number of amides is 1. The molecule has 0 saturated carbocycles. The number of nitrogens with zero attached hydrogens (tertiary/aromatic N) is 3. The normalized spacial score (nSPS) is 16.8. The summed E-state index contributed by atoms with van der Waals surface area (Å²) < 4.78 is 7.03. The molecule has 23 heavy (non-hydrogen) atoms. The second kappa shape index (κ2) is 6.81. The van der Waals surface area contributed by atoms with E-state index >= 15 is 0 Å². The van der Waals surface area contributed by atoms with Gasteiger partial charge in [-0.15, -0.1) is 0 Å². The third-order valence-corrected chi connectivity index (χ3v) is 4.10. The van der Waals surface area contributed by atoms with Crippen molar-refractivity contribution in [3.05, 3.63) is 35.7 Å². The summed E-state index contributed by atoms with van der Waals surface area (Å²) in [5.74, 6) is 2.13. The van der Waals surface area contributed by atoms with E-state index in [-0.39, 0.29) is 11.9 Å². The van der Waals surface area contributed by atoms with Gasteiger partial charge in [0.25, 0.3) is 0 Å². The molecule has 6 nitrogen and oxygen atoms in total. The summed E-state index contributed by atoms with van der Waals surface area (Å²) in [6, 6.07) is 7.65. The standard InChI is InChI=1S/C17H22N4O2/c1-3-4-5-6-15-18-17-19-16(22)11-14(21(17)20-15)12-7-9-13(23-2)10-8-12/h7-10,14H,3-6,11H2,1-2H3,(H,18,19,20,22). The molecule has 0 fully saturated rings. The number of carbonyl (C=O) groups is 1. The van der Waals surface area contributed by atoms with E-state index < -0.39 is 0 Å². The predicted molar refractivity (Wildman–Crippen MR) is 87.6 cm³/mol. The topological polar surface area (TPSA) is 69.0 Å². The Morgan fingerprint density at radius 2 is 2.09 bits per heavy atom. The predicted octanol–water partition coefficient (Wildman–Crippen LogP) is 2.95. The van der Waals surface area contributed by atoms with Crippen LogP contribution in [0.15, 0.2) is 24.3 Å². The zero-order valence-electron chi connectivity index (χ0n) is 13.6. The highest BCUT2D eigenvalue weighted by molar-refractivity contribution is 5.91. The number of unbranched alkanes of at least 4 members (excludes halogenated alkanes) is 2. The summed E-state index contributed by atoms with van der Waals surface area (Å²) in [4.78, 5) is 16.5. The van der Waals surface area contributed by atoms with E-state index in [4.69, 9.17) is 4.74 Å². The largest absolute Gasteiger partial charge is 0.497 e. The molecule has 1 N–H and O–H groups in total. The van der Waals surface area contributed by atoms with Gasteiger partial charge < -0.3 is 4.74 Å². The minimum Gasteiger partial charge on any atom is -0.497 e. The number of benzene rings is 1. The Labute approximate surface area is 135 Å². The van der Waals surface area contributed by atoms with Gasteiger partial charge in [-0.2, -0.15) is 10.1 Å². The summed E-state index contributed by atoms with van der Waals surface area (Å²) in [6.45, 7) is 2.17. The smallest absolute Gasteiger partial charge is 0.229 e. The summed E-state index contributed by atoms with van der Waals surface area (Å²) in [7, 11) is 1.64. The van der Waals surface area contributed by atoms with Crippen LogP contribution in [0.1, 0.15) is 50.0 Å². The highest BCUT2D eigenvalue weighted by Crippen LogP contribution is 2.30. The van der Waals surface area contributed by atoms with E-state index in [9.17, 15) is 4.79 Å². The van der Waals surface area contributed by atoms with Crippen molar-refractivity contribution < 1.29 is 9.53 Å². The van der Waals surface area contributed by atoms with Crippen LogP contribution < -0.4 is 10.1 Å². The molecule has 1 aliphatic heterocycles. The first-order valence-electron chi connectivity index (χ1n) is 8.10. The van der Waals surface area contributed by atoms with Crippen molar-refractivity contribution in [1.29, 1.82) is 0 Å². The van der Waals surface area contributed by atoms with Crippen LogP contribution in [-0.4, -0.2) is 27.8 Å². The average molecular weight is 314 g/mol. The zero-order valence-corrected chi connectivity index (χ0v) is 13.6. The van der Waals surface area contributed by atoms with Crippen LogP contribution in [0, 0.1) is 0 Å². The molecular weight excluding hydrogens is 292 g/mol. The van der Waals surface area contributed by atoms with Gasteiger partial charge in [-0.1, -0.05) is 31.9 Å². The number of hydrogen-bond donors (Lipinski definition) is 1. The first kappa shape index (κ1) is 15.5. The third kappa shape index (κ3) is 3.36. The van der Waals surface area contributed by atoms with Crippen LogP contribution in [0.25, 0.3) is 0 Å². The molecule has 0 saturated heterocycles. The number of aromatic nitrogens is 3. The molecule has 3 rings (SSSR count). The third-order valence-electron chi connectivity index (χ3n) is 4.10. The van der Waals surface area contributed by atoms with Crippen molar-refractivity contribution in [2.24, 2.45) is 0 Å². The number of aryl methyl sites for hydroxylation is 1. The van der Waals surface area contributed by atoms with E-state index in [0.29, 0.717) is 12.4 Å². The average Bonchev–Trinajstić information content (AvgIpc) is 2.97. The van der Waals surface area contributed by atoms with Gasteiger partial charge in [-0.3, -0.25) is 10.1 Å². The Morgan fingerprint density at radius 1 is 1.30 bits per heavy atom. The van der Waals surface area contributed by atoms with Crippen LogP contribution >= 0.6 is 0 Å². The van der Waals surface area contributed by atoms with E-state index in [1.54, 1.807) is 7.11 Å². The molecular formula is C17H22N4O2. The number of carbonyl (C=O) groups excluding carboxylic acids is 1. The highest BCUT2D eigenvalue weighted by Gasteiger charge is 2.28. The Morgan fingerprint density at radius 3 is 2.78 bits per heavy atom. The van der Waals surface area contributed by atoms with Crippen LogP contribution in [0.5, 0.6) is 5.75 Å². The van der Waals surface area contributed by atoms with Gasteiger partial charge in [0, 0.05) is 6.42 Å². The summed E-state index contributed by atoms with van der Waals surface area (Å²) in [5, 5.41) is 7.44. The van der Waals surface area contributed by atoms with Crippen molar-refractivity contribution in [2.75, 3.05) is 12.4 Å². The summed E-state index contributed by atoms with van der Waals surface area (Å²) >= 11 is 0. The van der Waals surface area contributed by atoms with Crippen LogP contribution in [-0.2, 0) is 11.2 Å². The summed E-state index contributed by atoms with van der Waals surface area (Å²) in [6.07, 6.45) is 4.62. The Hall–Kier alpha value is -2.37. The lowest BCUT2D eigenvalue weighted by Crippen LogP contribution is -2.29. The van der Waals surface area contributed by atoms with Crippen molar-refractivity contribution >= 4 is 11.9 Å². The lowest BCUT2D eigenvalue weighted by Gasteiger charge is -2.23. The number of methoxy groups -OCH3 is 1. The van der Waals surface area contributed by atoms with Gasteiger partial charge >= 0.3 is 0 Å². The molecule has 1 aliphatic rings. The lowest BCUT2D eigenvalue weighted by atomic mass is 10.0. The highest BCUT2D eigenvalue weighted by atomic mass is 16.5. The van der Waals surface area contributed by atoms with Crippen LogP contribution in [0.4, 0.5) is 5.95 Å². The van der Waals surface area contributed by atoms with Crippen molar-refractivity contribution in [3.63, 3.8) is 0 Å². The number of fused-ring (bicyclic) bond motifs is 1. The minimum atomic E-state index is -0.114. The number of rotatable bonds is 6. The maximum Gasteiger partial charge on any atom is 0.229 e. The van der Waals surface area contributed by atoms with Gasteiger partial charge in [0.1, 0.15) is 5.75 Å². The number of nitrogens with one attached hydrogen (secondary N) is 1. The first-order chi connectivity index (χ1) is 11.2. The molecule has 0 radical (unpaired) electrons. The number of hydrogen-bond acceptors (Lipinski definition) is 4. The van der Waals surface area contributed by atoms with E-state index in [1.165, 1.54) is 6.42 Å². The second-order valence-electron chi connectivity index (χ2n) is 5.79. The second-order valence-corrected chi connectivity index (χ2v) is 5.79. The van der Waals surface area contributed by atoms with Gasteiger partial charge in [0.05, 0.1) is 19.6 Å². The maximum atomic E-state index is 12.0. The van der Waals surface area contributed by atoms with Crippen molar-refractivity contribution in [2.45, 2.75) is 45.1 Å². The fourth-order valence-corrected chi connectivity index (χ4v) is 2.83. The van der Waals surface area contributed by atoms with Gasteiger partial charge in [0.2, 0.25) is 11.9 Å². The monoisotopic (exact) mass is 314 g/mol. The first-order valence-corrected chi connectivity index (χ1v) is 8.10.